The summed E-state index contributed by atoms with van der Waals surface area (Å²) in [5, 5.41) is 8.84. The monoisotopic (exact) mass is 191 g/mol. The fourth-order valence-corrected chi connectivity index (χ4v) is 1.73. The lowest BCUT2D eigenvalue weighted by molar-refractivity contribution is -0.148. The van der Waals surface area contributed by atoms with Crippen LogP contribution in [0.15, 0.2) is 30.3 Å². The summed E-state index contributed by atoms with van der Waals surface area (Å²) >= 11 is 0. The average molecular weight is 191 g/mol. The van der Waals surface area contributed by atoms with Gasteiger partial charge in [-0.1, -0.05) is 30.3 Å². The highest BCUT2D eigenvalue weighted by Gasteiger charge is 2.33. The van der Waals surface area contributed by atoms with Gasteiger partial charge in [-0.05, 0) is 12.0 Å². The molecule has 1 aromatic rings. The van der Waals surface area contributed by atoms with E-state index in [1.165, 1.54) is 5.56 Å². The number of aliphatic carboxylic acids is 1. The van der Waals surface area contributed by atoms with Crippen LogP contribution in [0.2, 0.25) is 0 Å². The lowest BCUT2D eigenvalue weighted by atomic mass is 10.0. The highest BCUT2D eigenvalue weighted by molar-refractivity contribution is 5.74. The van der Waals surface area contributed by atoms with Gasteiger partial charge in [0.15, 0.2) is 0 Å². The number of hydrogen-bond acceptors (Lipinski definition) is 2. The molecule has 0 aliphatic carbocycles. The van der Waals surface area contributed by atoms with Crippen LogP contribution >= 0.6 is 0 Å². The Hall–Kier alpha value is -1.35. The first-order valence-electron chi connectivity index (χ1n) is 4.78. The third-order valence-corrected chi connectivity index (χ3v) is 2.64. The van der Waals surface area contributed by atoms with Gasteiger partial charge in [0.2, 0.25) is 0 Å². The molecule has 1 N–H and O–H groups in total. The van der Waals surface area contributed by atoms with Crippen LogP contribution in [0, 0.1) is 0 Å². The van der Waals surface area contributed by atoms with E-state index >= 15 is 0 Å². The maximum Gasteiger partial charge on any atom is 0.320 e. The molecule has 3 nitrogen and oxygen atoms in total. The van der Waals surface area contributed by atoms with Crippen molar-refractivity contribution in [3.63, 3.8) is 0 Å². The molecule has 0 aromatic heterocycles. The zero-order chi connectivity index (χ0) is 9.97. The van der Waals surface area contributed by atoms with Gasteiger partial charge in [0.25, 0.3) is 0 Å². The Morgan fingerprint density at radius 2 is 2.14 bits per heavy atom. The van der Waals surface area contributed by atoms with Gasteiger partial charge >= 0.3 is 5.97 Å². The van der Waals surface area contributed by atoms with Gasteiger partial charge < -0.3 is 5.11 Å². The molecule has 0 radical (unpaired) electrons. The van der Waals surface area contributed by atoms with Crippen molar-refractivity contribution in [2.75, 3.05) is 6.54 Å². The summed E-state index contributed by atoms with van der Waals surface area (Å²) in [6.07, 6.45) is 0.780. The van der Waals surface area contributed by atoms with Crippen LogP contribution < -0.4 is 0 Å². The first kappa shape index (κ1) is 9.21. The number of hydrogen-bond donors (Lipinski definition) is 1. The molecule has 0 amide bonds. The number of carboxylic acid groups (broad SMARTS) is 1. The third-order valence-electron chi connectivity index (χ3n) is 2.64. The molecule has 14 heavy (non-hydrogen) atoms. The van der Waals surface area contributed by atoms with E-state index in [-0.39, 0.29) is 6.04 Å². The molecule has 0 saturated carbocycles. The van der Waals surface area contributed by atoms with Crippen LogP contribution in [0.25, 0.3) is 0 Å². The lowest BCUT2D eigenvalue weighted by Crippen LogP contribution is -2.51. The zero-order valence-electron chi connectivity index (χ0n) is 7.89. The summed E-state index contributed by atoms with van der Waals surface area (Å²) in [6.45, 7) is 1.64. The normalized spacial score (nSPS) is 21.6. The predicted octanol–water partition coefficient (Wildman–Crippen LogP) is 1.35. The first-order valence-corrected chi connectivity index (χ1v) is 4.78. The molecule has 0 spiro atoms. The Morgan fingerprint density at radius 3 is 2.64 bits per heavy atom. The topological polar surface area (TPSA) is 40.5 Å². The van der Waals surface area contributed by atoms with Crippen LogP contribution in [0.1, 0.15) is 12.0 Å². The smallest absolute Gasteiger partial charge is 0.320 e. The first-order chi connectivity index (χ1) is 6.77. The summed E-state index contributed by atoms with van der Waals surface area (Å²) in [5.74, 6) is -0.702. The van der Waals surface area contributed by atoms with Gasteiger partial charge in [0.05, 0.1) is 0 Å². The molecule has 0 unspecified atom stereocenters. The van der Waals surface area contributed by atoms with Crippen LogP contribution in [-0.2, 0) is 11.3 Å². The summed E-state index contributed by atoms with van der Waals surface area (Å²) < 4.78 is 0. The molecule has 1 fully saturated rings. The molecule has 1 heterocycles. The van der Waals surface area contributed by atoms with Crippen LogP contribution in [0.4, 0.5) is 0 Å². The fourth-order valence-electron chi connectivity index (χ4n) is 1.73. The van der Waals surface area contributed by atoms with Crippen molar-refractivity contribution in [2.24, 2.45) is 0 Å². The number of nitrogens with zero attached hydrogens (tertiary/aromatic N) is 1. The van der Waals surface area contributed by atoms with E-state index < -0.39 is 5.97 Å². The second-order valence-corrected chi connectivity index (χ2v) is 3.60. The number of benzene rings is 1. The fraction of sp³-hybridized carbons (Fsp3) is 0.364. The SMILES string of the molecule is O=C(O)[C@@H]1CCN1Cc1ccccc1. The average Bonchev–Trinajstić information content (AvgIpc) is 2.13. The molecule has 1 aromatic carbocycles. The van der Waals surface area contributed by atoms with Gasteiger partial charge in [-0.3, -0.25) is 9.69 Å². The molecule has 1 aliphatic rings. The van der Waals surface area contributed by atoms with Crippen molar-refractivity contribution in [1.29, 1.82) is 0 Å². The van der Waals surface area contributed by atoms with E-state index in [1.54, 1.807) is 0 Å². The largest absolute Gasteiger partial charge is 0.480 e. The molecular formula is C11H13NO2. The summed E-state index contributed by atoms with van der Waals surface area (Å²) in [4.78, 5) is 12.7. The minimum Gasteiger partial charge on any atom is -0.480 e. The predicted molar refractivity (Wildman–Crippen MR) is 52.9 cm³/mol. The van der Waals surface area contributed by atoms with Crippen molar-refractivity contribution in [2.45, 2.75) is 19.0 Å². The lowest BCUT2D eigenvalue weighted by Gasteiger charge is -2.37. The summed E-state index contributed by atoms with van der Waals surface area (Å²) in [6, 6.07) is 9.70. The molecule has 74 valence electrons. The number of carbonyl (C=O) groups is 1. The van der Waals surface area contributed by atoms with E-state index in [1.807, 2.05) is 35.2 Å². The van der Waals surface area contributed by atoms with Crippen LogP contribution in [-0.4, -0.2) is 28.6 Å². The molecule has 1 saturated heterocycles. The Bertz CT molecular complexity index is 323. The van der Waals surface area contributed by atoms with Crippen molar-refractivity contribution in [3.8, 4) is 0 Å². The maximum atomic E-state index is 10.7. The Kier molecular flexibility index (Phi) is 2.50. The maximum absolute atomic E-state index is 10.7. The van der Waals surface area contributed by atoms with Gasteiger partial charge in [0.1, 0.15) is 6.04 Å². The molecular weight excluding hydrogens is 178 g/mol. The van der Waals surface area contributed by atoms with Gasteiger partial charge in [0, 0.05) is 13.1 Å². The second kappa shape index (κ2) is 3.80. The van der Waals surface area contributed by atoms with Crippen LogP contribution in [0.5, 0.6) is 0 Å². The van der Waals surface area contributed by atoms with Gasteiger partial charge in [-0.2, -0.15) is 0 Å². The van der Waals surface area contributed by atoms with Gasteiger partial charge in [-0.15, -0.1) is 0 Å². The van der Waals surface area contributed by atoms with E-state index in [4.69, 9.17) is 5.11 Å². The van der Waals surface area contributed by atoms with E-state index in [9.17, 15) is 4.79 Å². The van der Waals surface area contributed by atoms with Crippen molar-refractivity contribution in [1.82, 2.24) is 4.90 Å². The van der Waals surface area contributed by atoms with Gasteiger partial charge in [-0.25, -0.2) is 0 Å². The van der Waals surface area contributed by atoms with Crippen molar-refractivity contribution < 1.29 is 9.90 Å². The molecule has 1 aliphatic heterocycles. The standard InChI is InChI=1S/C11H13NO2/c13-11(14)10-6-7-12(10)8-9-4-2-1-3-5-9/h1-5,10H,6-8H2,(H,13,14)/t10-/m0/s1. The number of likely N-dealkylation sites (tertiary alicyclic amines) is 1. The van der Waals surface area contributed by atoms with Crippen LogP contribution in [0.3, 0.4) is 0 Å². The Morgan fingerprint density at radius 1 is 1.43 bits per heavy atom. The van der Waals surface area contributed by atoms with E-state index in [2.05, 4.69) is 0 Å². The summed E-state index contributed by atoms with van der Waals surface area (Å²) in [7, 11) is 0. The Labute approximate surface area is 83.0 Å². The number of rotatable bonds is 3. The Balaban J connectivity index is 1.96. The molecule has 0 bridgehead atoms. The molecule has 2 rings (SSSR count). The van der Waals surface area contributed by atoms with E-state index in [0.717, 1.165) is 19.5 Å². The highest BCUT2D eigenvalue weighted by atomic mass is 16.4. The van der Waals surface area contributed by atoms with E-state index in [0.29, 0.717) is 0 Å². The molecule has 1 atom stereocenters. The molecule has 3 heteroatoms. The zero-order valence-corrected chi connectivity index (χ0v) is 7.89. The number of carboxylic acids is 1. The summed E-state index contributed by atoms with van der Waals surface area (Å²) in [5.41, 5.74) is 1.18. The third kappa shape index (κ3) is 1.77. The van der Waals surface area contributed by atoms with Crippen molar-refractivity contribution in [3.05, 3.63) is 35.9 Å². The highest BCUT2D eigenvalue weighted by Crippen LogP contribution is 2.20. The quantitative estimate of drug-likeness (QED) is 0.784. The minimum absolute atomic E-state index is 0.268. The van der Waals surface area contributed by atoms with Crippen molar-refractivity contribution >= 4 is 5.97 Å². The second-order valence-electron chi connectivity index (χ2n) is 3.60. The minimum atomic E-state index is -0.702.